The van der Waals surface area contributed by atoms with Crippen molar-refractivity contribution in [2.24, 2.45) is 0 Å². The number of anilines is 2. The molecule has 4 nitrogen and oxygen atoms in total. The lowest BCUT2D eigenvalue weighted by molar-refractivity contribution is -0.138. The van der Waals surface area contributed by atoms with Crippen molar-refractivity contribution in [1.82, 2.24) is 0 Å². The van der Waals surface area contributed by atoms with Gasteiger partial charge in [-0.15, -0.1) is 11.3 Å². The number of halogens is 3. The van der Waals surface area contributed by atoms with Crippen LogP contribution in [0.4, 0.5) is 24.5 Å². The smallest absolute Gasteiger partial charge is 0.322 e. The number of nitrogens with one attached hydrogen (secondary N) is 1. The summed E-state index contributed by atoms with van der Waals surface area (Å²) in [6, 6.07) is 13.5. The molecule has 0 bridgehead atoms. The van der Waals surface area contributed by atoms with E-state index in [1.807, 2.05) is 0 Å². The fourth-order valence-corrected chi connectivity index (χ4v) is 3.54. The number of thiophene rings is 1. The van der Waals surface area contributed by atoms with E-state index in [1.54, 1.807) is 42.8 Å². The fourth-order valence-electron chi connectivity index (χ4n) is 2.84. The van der Waals surface area contributed by atoms with E-state index in [9.17, 15) is 22.8 Å². The number of aryl methyl sites for hydroxylation is 1. The fraction of sp³-hybridized carbons (Fsp3) is 0.143. The van der Waals surface area contributed by atoms with Crippen molar-refractivity contribution in [1.29, 1.82) is 0 Å². The van der Waals surface area contributed by atoms with E-state index in [0.717, 1.165) is 6.07 Å². The minimum Gasteiger partial charge on any atom is -0.322 e. The van der Waals surface area contributed by atoms with Gasteiger partial charge in [0.1, 0.15) is 0 Å². The molecule has 0 saturated heterocycles. The highest BCUT2D eigenvalue weighted by Crippen LogP contribution is 2.33. The minimum absolute atomic E-state index is 0.0231. The molecule has 1 aromatic heterocycles. The molecule has 0 unspecified atom stereocenters. The van der Waals surface area contributed by atoms with Gasteiger partial charge in [-0.1, -0.05) is 24.3 Å². The van der Waals surface area contributed by atoms with Crippen molar-refractivity contribution in [3.8, 4) is 0 Å². The van der Waals surface area contributed by atoms with E-state index in [0.29, 0.717) is 10.6 Å². The van der Waals surface area contributed by atoms with Gasteiger partial charge in [0.15, 0.2) is 0 Å². The summed E-state index contributed by atoms with van der Waals surface area (Å²) in [5, 5.41) is 4.27. The van der Waals surface area contributed by atoms with Crippen LogP contribution in [-0.4, -0.2) is 18.9 Å². The maximum absolute atomic E-state index is 13.1. The third-order valence-corrected chi connectivity index (χ3v) is 5.21. The predicted molar refractivity (Wildman–Crippen MR) is 108 cm³/mol. The van der Waals surface area contributed by atoms with Gasteiger partial charge in [-0.3, -0.25) is 9.59 Å². The van der Waals surface area contributed by atoms with Gasteiger partial charge in [0, 0.05) is 12.7 Å². The number of nitrogens with zero attached hydrogens (tertiary/aromatic N) is 1. The van der Waals surface area contributed by atoms with Crippen LogP contribution in [0, 0.1) is 6.92 Å². The zero-order valence-corrected chi connectivity index (χ0v) is 16.4. The Bertz CT molecular complexity index is 1050. The van der Waals surface area contributed by atoms with E-state index in [4.69, 9.17) is 0 Å². The molecular formula is C21H17F3N2O2S. The van der Waals surface area contributed by atoms with Crippen molar-refractivity contribution >= 4 is 34.5 Å². The van der Waals surface area contributed by atoms with Gasteiger partial charge in [0.2, 0.25) is 0 Å². The van der Waals surface area contributed by atoms with Crippen LogP contribution in [0.2, 0.25) is 0 Å². The van der Waals surface area contributed by atoms with Gasteiger partial charge in [-0.25, -0.2) is 0 Å². The molecule has 1 N–H and O–H groups in total. The maximum Gasteiger partial charge on any atom is 0.416 e. The van der Waals surface area contributed by atoms with Crippen molar-refractivity contribution in [3.63, 3.8) is 0 Å². The topological polar surface area (TPSA) is 49.4 Å². The van der Waals surface area contributed by atoms with Crippen LogP contribution in [0.1, 0.15) is 31.2 Å². The predicted octanol–water partition coefficient (Wildman–Crippen LogP) is 5.60. The van der Waals surface area contributed by atoms with Gasteiger partial charge >= 0.3 is 6.18 Å². The SMILES string of the molecule is Cc1ccc(NC(=O)c2ccccc2N(C)C(=O)c2cccs2)cc1C(F)(F)F. The summed E-state index contributed by atoms with van der Waals surface area (Å²) < 4.78 is 39.4. The maximum atomic E-state index is 13.1. The van der Waals surface area contributed by atoms with E-state index >= 15 is 0 Å². The van der Waals surface area contributed by atoms with Crippen LogP contribution in [0.15, 0.2) is 60.0 Å². The first kappa shape index (κ1) is 20.6. The van der Waals surface area contributed by atoms with E-state index in [2.05, 4.69) is 5.32 Å². The number of benzene rings is 2. The first-order valence-corrected chi connectivity index (χ1v) is 9.46. The number of rotatable bonds is 4. The number of carbonyl (C=O) groups excluding carboxylic acids is 2. The lowest BCUT2D eigenvalue weighted by atomic mass is 10.1. The average molecular weight is 418 g/mol. The largest absolute Gasteiger partial charge is 0.416 e. The summed E-state index contributed by atoms with van der Waals surface area (Å²) in [5.41, 5.74) is -0.193. The highest BCUT2D eigenvalue weighted by Gasteiger charge is 2.32. The Morgan fingerprint density at radius 2 is 1.76 bits per heavy atom. The van der Waals surface area contributed by atoms with Crippen LogP contribution in [0.3, 0.4) is 0 Å². The van der Waals surface area contributed by atoms with Gasteiger partial charge in [-0.2, -0.15) is 13.2 Å². The molecule has 2 aromatic carbocycles. The molecule has 0 aliphatic heterocycles. The van der Waals surface area contributed by atoms with Crippen LogP contribution < -0.4 is 10.2 Å². The summed E-state index contributed by atoms with van der Waals surface area (Å²) >= 11 is 1.28. The molecule has 3 rings (SSSR count). The second-order valence-electron chi connectivity index (χ2n) is 6.34. The molecule has 0 radical (unpaired) electrons. The zero-order valence-electron chi connectivity index (χ0n) is 15.6. The second-order valence-corrected chi connectivity index (χ2v) is 7.29. The molecule has 1 heterocycles. The number of carbonyl (C=O) groups is 2. The molecule has 0 fully saturated rings. The quantitative estimate of drug-likeness (QED) is 0.599. The van der Waals surface area contributed by atoms with Crippen molar-refractivity contribution in [3.05, 3.63) is 81.5 Å². The number of para-hydroxylation sites is 1. The van der Waals surface area contributed by atoms with Crippen molar-refractivity contribution < 1.29 is 22.8 Å². The third-order valence-electron chi connectivity index (χ3n) is 4.35. The summed E-state index contributed by atoms with van der Waals surface area (Å²) in [6.45, 7) is 1.36. The molecule has 3 aromatic rings. The third kappa shape index (κ3) is 4.48. The standard InChI is InChI=1S/C21H17F3N2O2S/c1-13-9-10-14(12-16(13)21(22,23)24)25-19(27)15-6-3-4-7-17(15)26(2)20(28)18-8-5-11-29-18/h3-12H,1-2H3,(H,25,27). The molecular weight excluding hydrogens is 401 g/mol. The Labute approximate surface area is 169 Å². The number of alkyl halides is 3. The Kier molecular flexibility index (Phi) is 5.74. The van der Waals surface area contributed by atoms with E-state index < -0.39 is 17.6 Å². The highest BCUT2D eigenvalue weighted by molar-refractivity contribution is 7.12. The van der Waals surface area contributed by atoms with Crippen LogP contribution >= 0.6 is 11.3 Å². The van der Waals surface area contributed by atoms with Crippen LogP contribution in [-0.2, 0) is 6.18 Å². The molecule has 150 valence electrons. The molecule has 2 amide bonds. The van der Waals surface area contributed by atoms with E-state index in [1.165, 1.54) is 41.4 Å². The zero-order chi connectivity index (χ0) is 21.2. The lowest BCUT2D eigenvalue weighted by Gasteiger charge is -2.20. The summed E-state index contributed by atoms with van der Waals surface area (Å²) in [4.78, 5) is 27.2. The number of amides is 2. The van der Waals surface area contributed by atoms with Crippen LogP contribution in [0.25, 0.3) is 0 Å². The minimum atomic E-state index is -4.52. The molecule has 0 aliphatic carbocycles. The summed E-state index contributed by atoms with van der Waals surface area (Å²) in [7, 11) is 1.54. The molecule has 29 heavy (non-hydrogen) atoms. The molecule has 8 heteroatoms. The number of hydrogen-bond donors (Lipinski definition) is 1. The van der Waals surface area contributed by atoms with Gasteiger partial charge in [-0.05, 0) is 48.2 Å². The van der Waals surface area contributed by atoms with Crippen LogP contribution in [0.5, 0.6) is 0 Å². The molecule has 0 saturated carbocycles. The Morgan fingerprint density at radius 3 is 2.41 bits per heavy atom. The second kappa shape index (κ2) is 8.08. The molecule has 0 spiro atoms. The first-order chi connectivity index (χ1) is 13.7. The highest BCUT2D eigenvalue weighted by atomic mass is 32.1. The lowest BCUT2D eigenvalue weighted by Crippen LogP contribution is -2.28. The molecule has 0 aliphatic rings. The van der Waals surface area contributed by atoms with Gasteiger partial charge < -0.3 is 10.2 Å². The van der Waals surface area contributed by atoms with Gasteiger partial charge in [0.25, 0.3) is 11.8 Å². The van der Waals surface area contributed by atoms with Crippen molar-refractivity contribution in [2.45, 2.75) is 13.1 Å². The Hall–Kier alpha value is -3.13. The Balaban J connectivity index is 1.89. The Morgan fingerprint density at radius 1 is 1.03 bits per heavy atom. The summed E-state index contributed by atoms with van der Waals surface area (Å²) in [6.07, 6.45) is -4.52. The van der Waals surface area contributed by atoms with Crippen molar-refractivity contribution in [2.75, 3.05) is 17.3 Å². The normalized spacial score (nSPS) is 11.2. The average Bonchev–Trinajstić information content (AvgIpc) is 3.22. The molecule has 0 atom stereocenters. The van der Waals surface area contributed by atoms with E-state index in [-0.39, 0.29) is 22.7 Å². The number of hydrogen-bond acceptors (Lipinski definition) is 3. The first-order valence-electron chi connectivity index (χ1n) is 8.58. The van der Waals surface area contributed by atoms with Gasteiger partial charge in [0.05, 0.1) is 21.7 Å². The summed E-state index contributed by atoms with van der Waals surface area (Å²) in [5.74, 6) is -0.890. The monoisotopic (exact) mass is 418 g/mol.